The first kappa shape index (κ1) is 26.6. The van der Waals surface area contributed by atoms with E-state index in [4.69, 9.17) is 4.74 Å². The molecule has 7 nitrogen and oxygen atoms in total. The molecule has 0 aromatic heterocycles. The van der Waals surface area contributed by atoms with Gasteiger partial charge >= 0.3 is 6.36 Å². The second-order valence-electron chi connectivity index (χ2n) is 13.4. The second kappa shape index (κ2) is 8.78. The molecule has 0 radical (unpaired) electrons. The molecule has 3 aliphatic heterocycles. The van der Waals surface area contributed by atoms with Crippen LogP contribution in [-0.4, -0.2) is 75.2 Å². The molecule has 8 rings (SSSR count). The molecule has 3 unspecified atom stereocenters. The Balaban J connectivity index is 1.06. The lowest BCUT2D eigenvalue weighted by Crippen LogP contribution is -2.68. The number of halogens is 3. The summed E-state index contributed by atoms with van der Waals surface area (Å²) in [6, 6.07) is 9.36. The maximum absolute atomic E-state index is 13.9. The molecule has 3 saturated carbocycles. The van der Waals surface area contributed by atoms with E-state index in [-0.39, 0.29) is 41.4 Å². The Morgan fingerprint density at radius 1 is 1.07 bits per heavy atom. The van der Waals surface area contributed by atoms with Crippen LogP contribution < -0.4 is 9.47 Å². The van der Waals surface area contributed by atoms with Gasteiger partial charge in [-0.25, -0.2) is 0 Å². The van der Waals surface area contributed by atoms with Crippen LogP contribution in [0.3, 0.4) is 0 Å². The van der Waals surface area contributed by atoms with Crippen LogP contribution in [0.15, 0.2) is 36.4 Å². The lowest BCUT2D eigenvalue weighted by molar-refractivity contribution is -0.274. The maximum atomic E-state index is 13.9. The molecule has 2 saturated heterocycles. The summed E-state index contributed by atoms with van der Waals surface area (Å²) in [6.45, 7) is 3.60. The summed E-state index contributed by atoms with van der Waals surface area (Å²) in [6.07, 6.45) is 0.280. The summed E-state index contributed by atoms with van der Waals surface area (Å²) in [5.74, 6) is 0.681. The number of aryl methyl sites for hydroxylation is 1. The van der Waals surface area contributed by atoms with Gasteiger partial charge in [0.15, 0.2) is 11.5 Å². The van der Waals surface area contributed by atoms with E-state index in [2.05, 4.69) is 9.64 Å². The number of alkyl halides is 3. The molecular weight excluding hydrogens is 549 g/mol. The molecule has 3 heterocycles. The van der Waals surface area contributed by atoms with Crippen LogP contribution >= 0.6 is 0 Å². The molecule has 224 valence electrons. The van der Waals surface area contributed by atoms with Crippen molar-refractivity contribution in [2.75, 3.05) is 13.1 Å². The fraction of sp³-hybridized carbons (Fsp3) is 0.594. The highest BCUT2D eigenvalue weighted by Crippen LogP contribution is 2.70. The van der Waals surface area contributed by atoms with Crippen molar-refractivity contribution in [3.63, 3.8) is 0 Å². The third-order valence-electron chi connectivity index (χ3n) is 11.1. The number of phenolic OH excluding ortho intramolecular Hbond substituents is 1. The predicted molar refractivity (Wildman–Crippen MR) is 145 cm³/mol. The number of nitrogens with zero attached hydrogens (tertiary/aromatic N) is 2. The number of aliphatic hydroxyl groups is 1. The molecule has 2 aromatic carbocycles. The number of piperidine rings is 1. The molecule has 6 aliphatic rings. The van der Waals surface area contributed by atoms with Crippen molar-refractivity contribution >= 4 is 5.91 Å². The van der Waals surface area contributed by atoms with Crippen molar-refractivity contribution in [1.82, 2.24) is 9.80 Å². The van der Waals surface area contributed by atoms with Crippen molar-refractivity contribution in [3.05, 3.63) is 53.1 Å². The molecule has 8 atom stereocenters. The average Bonchev–Trinajstić information content (AvgIpc) is 3.78. The third kappa shape index (κ3) is 3.76. The Bertz CT molecular complexity index is 1440. The van der Waals surface area contributed by atoms with Gasteiger partial charge in [0.05, 0.1) is 23.1 Å². The molecule has 1 spiro atoms. The lowest BCUT2D eigenvalue weighted by atomic mass is 9.57. The van der Waals surface area contributed by atoms with Gasteiger partial charge in [-0.3, -0.25) is 9.69 Å². The van der Waals surface area contributed by atoms with Gasteiger partial charge in [-0.15, -0.1) is 13.2 Å². The average molecular weight is 585 g/mol. The van der Waals surface area contributed by atoms with Gasteiger partial charge in [-0.2, -0.15) is 0 Å². The van der Waals surface area contributed by atoms with Crippen molar-refractivity contribution in [2.24, 2.45) is 11.8 Å². The summed E-state index contributed by atoms with van der Waals surface area (Å²) < 4.78 is 48.3. The minimum Gasteiger partial charge on any atom is -0.504 e. The van der Waals surface area contributed by atoms with Crippen molar-refractivity contribution in [1.29, 1.82) is 0 Å². The zero-order valence-corrected chi connectivity index (χ0v) is 23.4. The van der Waals surface area contributed by atoms with Crippen LogP contribution in [0.2, 0.25) is 0 Å². The molecular formula is C32H35F3N2O5. The number of aromatic hydroxyl groups is 1. The number of hydrogen-bond donors (Lipinski definition) is 2. The Morgan fingerprint density at radius 3 is 2.55 bits per heavy atom. The highest BCUT2D eigenvalue weighted by Gasteiger charge is 2.81. The monoisotopic (exact) mass is 584 g/mol. The summed E-state index contributed by atoms with van der Waals surface area (Å²) in [5.41, 5.74) is 0.970. The van der Waals surface area contributed by atoms with Gasteiger partial charge in [0, 0.05) is 30.6 Å². The Labute approximate surface area is 242 Å². The van der Waals surface area contributed by atoms with Gasteiger partial charge in [0.1, 0.15) is 11.9 Å². The van der Waals surface area contributed by atoms with E-state index in [1.165, 1.54) is 25.0 Å². The Kier molecular flexibility index (Phi) is 5.57. The van der Waals surface area contributed by atoms with Gasteiger partial charge in [-0.1, -0.05) is 18.2 Å². The van der Waals surface area contributed by atoms with Crippen molar-refractivity contribution in [2.45, 2.75) is 93.5 Å². The van der Waals surface area contributed by atoms with Crippen molar-refractivity contribution < 1.29 is 37.7 Å². The number of benzene rings is 2. The Morgan fingerprint density at radius 2 is 1.83 bits per heavy atom. The van der Waals surface area contributed by atoms with E-state index >= 15 is 0 Å². The minimum atomic E-state index is -4.75. The van der Waals surface area contributed by atoms with E-state index in [9.17, 15) is 28.2 Å². The molecule has 10 heteroatoms. The van der Waals surface area contributed by atoms with Crippen LogP contribution in [0, 0.1) is 18.8 Å². The molecule has 1 amide bonds. The van der Waals surface area contributed by atoms with Crippen LogP contribution in [0.4, 0.5) is 13.2 Å². The zero-order valence-electron chi connectivity index (χ0n) is 23.4. The first-order valence-electron chi connectivity index (χ1n) is 15.1. The maximum Gasteiger partial charge on any atom is 0.573 e. The van der Waals surface area contributed by atoms with Gasteiger partial charge in [-0.05, 0) is 87.1 Å². The summed E-state index contributed by atoms with van der Waals surface area (Å²) in [4.78, 5) is 18.2. The Hall–Kier alpha value is -2.98. The molecule has 42 heavy (non-hydrogen) atoms. The topological polar surface area (TPSA) is 82.2 Å². The lowest BCUT2D eigenvalue weighted by Gasteiger charge is -2.53. The molecule has 3 aliphatic carbocycles. The molecule has 2 aromatic rings. The minimum absolute atomic E-state index is 0.00947. The van der Waals surface area contributed by atoms with E-state index in [1.807, 2.05) is 17.9 Å². The smallest absolute Gasteiger partial charge is 0.504 e. The van der Waals surface area contributed by atoms with E-state index in [0.717, 1.165) is 35.6 Å². The summed E-state index contributed by atoms with van der Waals surface area (Å²) in [7, 11) is 0. The quantitative estimate of drug-likeness (QED) is 0.489. The van der Waals surface area contributed by atoms with Crippen LogP contribution in [-0.2, 0) is 16.6 Å². The van der Waals surface area contributed by atoms with Crippen LogP contribution in [0.25, 0.3) is 0 Å². The number of hydrogen-bond acceptors (Lipinski definition) is 6. The highest BCUT2D eigenvalue weighted by atomic mass is 19.4. The molecule has 2 N–H and O–H groups in total. The number of ether oxygens (including phenoxy) is 2. The first-order valence-corrected chi connectivity index (χ1v) is 15.1. The first-order chi connectivity index (χ1) is 20.0. The standard InChI is InChI=1S/C32H35F3N2O5/c1-17-2-9-24(38)26-25(17)30-15-23-27(37(23)16-19-3-4-19)31(30,40)12-10-22(28(30)41-26)36-13-11-20(29(36)39)14-18-5-7-21(8-6-18)42-32(33,34)35/h2,5-9,19-20,22-23,27-28,38,40H,3-4,10-16H2,1H3/t20?,22-,23?,27+,28-,30-,31+,37?/m0/s1. The number of likely N-dealkylation sites (tertiary alicyclic amines) is 2. The van der Waals surface area contributed by atoms with E-state index in [0.29, 0.717) is 38.0 Å². The van der Waals surface area contributed by atoms with Crippen LogP contribution in [0.5, 0.6) is 17.2 Å². The zero-order chi connectivity index (χ0) is 29.2. The number of phenols is 1. The number of carbonyl (C=O) groups is 1. The second-order valence-corrected chi connectivity index (χ2v) is 13.4. The number of rotatable bonds is 6. The van der Waals surface area contributed by atoms with E-state index < -0.39 is 23.5 Å². The highest BCUT2D eigenvalue weighted by molar-refractivity contribution is 5.82. The third-order valence-corrected chi connectivity index (χ3v) is 11.1. The molecule has 0 bridgehead atoms. The fourth-order valence-corrected chi connectivity index (χ4v) is 9.18. The SMILES string of the molecule is Cc1ccc(O)c2c1[C@]13CC4[C@@H](N4CC4CC4)[C@]1(O)CC[C@H](N1CCC(Cc4ccc(OC(F)(F)F)cc4)C1=O)[C@@H]3O2. The van der Waals surface area contributed by atoms with Crippen LogP contribution in [0.1, 0.15) is 55.2 Å². The van der Waals surface area contributed by atoms with Gasteiger partial charge in [0.2, 0.25) is 5.91 Å². The van der Waals surface area contributed by atoms with E-state index in [1.54, 1.807) is 18.2 Å². The van der Waals surface area contributed by atoms with Crippen molar-refractivity contribution in [3.8, 4) is 17.2 Å². The summed E-state index contributed by atoms with van der Waals surface area (Å²) in [5, 5.41) is 23.5. The number of fused-ring (bicyclic) bond motifs is 3. The number of carbonyl (C=O) groups excluding carboxylic acids is 1. The van der Waals surface area contributed by atoms with Gasteiger partial charge in [0.25, 0.3) is 0 Å². The molecule has 5 fully saturated rings. The fourth-order valence-electron chi connectivity index (χ4n) is 9.18. The largest absolute Gasteiger partial charge is 0.573 e. The normalized spacial score (nSPS) is 38.0. The predicted octanol–water partition coefficient (Wildman–Crippen LogP) is 4.45. The van der Waals surface area contributed by atoms with Gasteiger partial charge < -0.3 is 24.6 Å². The summed E-state index contributed by atoms with van der Waals surface area (Å²) >= 11 is 0. The number of amides is 1.